The predicted molar refractivity (Wildman–Crippen MR) is 79.8 cm³/mol. The molecule has 0 aromatic rings. The molecule has 1 aliphatic rings. The maximum absolute atomic E-state index is 12.7. The number of rotatable bonds is 5. The highest BCUT2D eigenvalue weighted by Gasteiger charge is 2.45. The lowest BCUT2D eigenvalue weighted by Gasteiger charge is -2.31. The van der Waals surface area contributed by atoms with E-state index in [4.69, 9.17) is 5.11 Å². The van der Waals surface area contributed by atoms with Gasteiger partial charge in [0.2, 0.25) is 10.0 Å². The summed E-state index contributed by atoms with van der Waals surface area (Å²) in [4.78, 5) is 0. The zero-order chi connectivity index (χ0) is 15.6. The molecule has 0 spiro atoms. The summed E-state index contributed by atoms with van der Waals surface area (Å²) in [5.74, 6) is 0.121. The van der Waals surface area contributed by atoms with E-state index in [1.165, 1.54) is 4.31 Å². The topological polar surface area (TPSA) is 77.8 Å². The zero-order valence-corrected chi connectivity index (χ0v) is 13.7. The molecule has 1 saturated heterocycles. The van der Waals surface area contributed by atoms with Crippen molar-refractivity contribution in [1.82, 2.24) is 4.31 Å². The maximum Gasteiger partial charge on any atom is 0.219 e. The average molecular weight is 305 g/mol. The Bertz CT molecular complexity index is 450. The van der Waals surface area contributed by atoms with Crippen LogP contribution in [0.1, 0.15) is 40.5 Å². The fraction of sp³-hybridized carbons (Fsp3) is 0.857. The van der Waals surface area contributed by atoms with Gasteiger partial charge in [0.15, 0.2) is 0 Å². The first-order chi connectivity index (χ1) is 9.16. The number of aliphatic hydroxyl groups excluding tert-OH is 2. The van der Waals surface area contributed by atoms with Crippen molar-refractivity contribution in [3.8, 4) is 0 Å². The normalized spacial score (nSPS) is 27.4. The Kier molecular flexibility index (Phi) is 5.78. The second-order valence-corrected chi connectivity index (χ2v) is 8.98. The summed E-state index contributed by atoms with van der Waals surface area (Å²) in [6.07, 6.45) is 2.84. The lowest BCUT2D eigenvalue weighted by atomic mass is 9.97. The standard InChI is InChI=1S/C14H27NO4S/c1-11-10-15(20(18,19)14(2,3)4)13(7-9-17)12(11)6-5-8-16/h6,11,13,16-17H,5,7-10H2,1-4H3/b12-6-/t11-,13-/m1/s1. The van der Waals surface area contributed by atoms with Gasteiger partial charge >= 0.3 is 0 Å². The Balaban J connectivity index is 3.16. The molecule has 5 nitrogen and oxygen atoms in total. The molecule has 0 aromatic carbocycles. The Labute approximate surface area is 122 Å². The van der Waals surface area contributed by atoms with Crippen LogP contribution in [0.4, 0.5) is 0 Å². The molecule has 2 atom stereocenters. The van der Waals surface area contributed by atoms with Gasteiger partial charge in [-0.3, -0.25) is 0 Å². The lowest BCUT2D eigenvalue weighted by Crippen LogP contribution is -2.46. The van der Waals surface area contributed by atoms with E-state index in [0.29, 0.717) is 19.4 Å². The van der Waals surface area contributed by atoms with Crippen LogP contribution >= 0.6 is 0 Å². The van der Waals surface area contributed by atoms with Crippen LogP contribution in [-0.2, 0) is 10.0 Å². The molecule has 0 unspecified atom stereocenters. The van der Waals surface area contributed by atoms with Crippen molar-refractivity contribution in [3.63, 3.8) is 0 Å². The molecule has 0 aromatic heterocycles. The molecular weight excluding hydrogens is 278 g/mol. The van der Waals surface area contributed by atoms with E-state index >= 15 is 0 Å². The number of aliphatic hydroxyl groups is 2. The van der Waals surface area contributed by atoms with Gasteiger partial charge in [0, 0.05) is 25.8 Å². The number of nitrogens with zero attached hydrogens (tertiary/aromatic N) is 1. The minimum atomic E-state index is -3.42. The van der Waals surface area contributed by atoms with E-state index in [0.717, 1.165) is 5.57 Å². The van der Waals surface area contributed by atoms with Crippen LogP contribution in [0.2, 0.25) is 0 Å². The zero-order valence-electron chi connectivity index (χ0n) is 12.8. The molecule has 20 heavy (non-hydrogen) atoms. The summed E-state index contributed by atoms with van der Waals surface area (Å²) in [7, 11) is -3.42. The Morgan fingerprint density at radius 3 is 2.35 bits per heavy atom. The minimum Gasteiger partial charge on any atom is -0.396 e. The first kappa shape index (κ1) is 17.6. The highest BCUT2D eigenvalue weighted by atomic mass is 32.2. The predicted octanol–water partition coefficient (Wildman–Crippen LogP) is 1.13. The Morgan fingerprint density at radius 2 is 1.90 bits per heavy atom. The molecule has 0 aliphatic carbocycles. The highest BCUT2D eigenvalue weighted by molar-refractivity contribution is 7.90. The second-order valence-electron chi connectivity index (χ2n) is 6.33. The summed E-state index contributed by atoms with van der Waals surface area (Å²) in [5, 5.41) is 18.2. The molecule has 1 fully saturated rings. The molecule has 0 radical (unpaired) electrons. The SMILES string of the molecule is C[C@@H]1CN(S(=O)(=O)C(C)(C)C)[C@H](CCO)/C1=C\CCO. The van der Waals surface area contributed by atoms with E-state index in [-0.39, 0.29) is 25.2 Å². The largest absolute Gasteiger partial charge is 0.396 e. The van der Waals surface area contributed by atoms with Crippen LogP contribution in [-0.4, -0.2) is 53.5 Å². The van der Waals surface area contributed by atoms with E-state index in [1.54, 1.807) is 20.8 Å². The summed E-state index contributed by atoms with van der Waals surface area (Å²) in [6.45, 7) is 7.51. The van der Waals surface area contributed by atoms with Crippen LogP contribution in [0, 0.1) is 5.92 Å². The first-order valence-electron chi connectivity index (χ1n) is 7.10. The van der Waals surface area contributed by atoms with Crippen LogP contribution in [0.15, 0.2) is 11.6 Å². The van der Waals surface area contributed by atoms with E-state index < -0.39 is 14.8 Å². The minimum absolute atomic E-state index is 0.0497. The van der Waals surface area contributed by atoms with E-state index in [1.807, 2.05) is 13.0 Å². The third-order valence-electron chi connectivity index (χ3n) is 3.75. The average Bonchev–Trinajstić information content (AvgIpc) is 2.63. The van der Waals surface area contributed by atoms with Crippen LogP contribution in [0.5, 0.6) is 0 Å². The van der Waals surface area contributed by atoms with Crippen molar-refractivity contribution in [2.45, 2.75) is 51.3 Å². The van der Waals surface area contributed by atoms with Gasteiger partial charge in [0.25, 0.3) is 0 Å². The van der Waals surface area contributed by atoms with Crippen LogP contribution in [0.3, 0.4) is 0 Å². The van der Waals surface area contributed by atoms with E-state index in [9.17, 15) is 13.5 Å². The van der Waals surface area contributed by atoms with Crippen molar-refractivity contribution < 1.29 is 18.6 Å². The van der Waals surface area contributed by atoms with Gasteiger partial charge in [0.1, 0.15) is 0 Å². The summed E-state index contributed by atoms with van der Waals surface area (Å²) in [5.41, 5.74) is 1.01. The summed E-state index contributed by atoms with van der Waals surface area (Å²) < 4.78 is 26.0. The van der Waals surface area contributed by atoms with Crippen LogP contribution in [0.25, 0.3) is 0 Å². The summed E-state index contributed by atoms with van der Waals surface area (Å²) in [6, 6.07) is -0.286. The quantitative estimate of drug-likeness (QED) is 0.746. The number of hydrogen-bond donors (Lipinski definition) is 2. The smallest absolute Gasteiger partial charge is 0.219 e. The number of hydrogen-bond acceptors (Lipinski definition) is 4. The third kappa shape index (κ3) is 3.42. The van der Waals surface area contributed by atoms with E-state index in [2.05, 4.69) is 0 Å². The van der Waals surface area contributed by atoms with Crippen molar-refractivity contribution in [3.05, 3.63) is 11.6 Å². The van der Waals surface area contributed by atoms with Gasteiger partial charge in [0.05, 0.1) is 4.75 Å². The monoisotopic (exact) mass is 305 g/mol. The van der Waals surface area contributed by atoms with Gasteiger partial charge in [-0.2, -0.15) is 4.31 Å². The molecule has 0 bridgehead atoms. The van der Waals surface area contributed by atoms with Gasteiger partial charge in [-0.1, -0.05) is 18.6 Å². The highest BCUT2D eigenvalue weighted by Crippen LogP contribution is 2.36. The Hall–Kier alpha value is -0.430. The molecule has 2 N–H and O–H groups in total. The molecule has 1 aliphatic heterocycles. The molecule has 0 saturated carbocycles. The molecule has 0 amide bonds. The van der Waals surface area contributed by atoms with Gasteiger partial charge in [-0.05, 0) is 39.5 Å². The van der Waals surface area contributed by atoms with Gasteiger partial charge in [-0.15, -0.1) is 0 Å². The van der Waals surface area contributed by atoms with Gasteiger partial charge in [-0.25, -0.2) is 8.42 Å². The number of sulfonamides is 1. The van der Waals surface area contributed by atoms with Crippen molar-refractivity contribution in [2.75, 3.05) is 19.8 Å². The summed E-state index contributed by atoms with van der Waals surface area (Å²) >= 11 is 0. The second kappa shape index (κ2) is 6.56. The fourth-order valence-electron chi connectivity index (χ4n) is 2.62. The lowest BCUT2D eigenvalue weighted by molar-refractivity contribution is 0.254. The molecule has 1 heterocycles. The van der Waals surface area contributed by atoms with Crippen molar-refractivity contribution >= 4 is 10.0 Å². The molecule has 1 rings (SSSR count). The molecule has 118 valence electrons. The van der Waals surface area contributed by atoms with Crippen LogP contribution < -0.4 is 0 Å². The van der Waals surface area contributed by atoms with Crippen molar-refractivity contribution in [1.29, 1.82) is 0 Å². The fourth-order valence-corrected chi connectivity index (χ4v) is 4.30. The molecule has 6 heteroatoms. The third-order valence-corrected chi connectivity index (χ3v) is 6.32. The van der Waals surface area contributed by atoms with Crippen molar-refractivity contribution in [2.24, 2.45) is 5.92 Å². The Morgan fingerprint density at radius 1 is 1.30 bits per heavy atom. The van der Waals surface area contributed by atoms with Gasteiger partial charge < -0.3 is 10.2 Å². The molecular formula is C14H27NO4S. The maximum atomic E-state index is 12.7. The first-order valence-corrected chi connectivity index (χ1v) is 8.54.